The largest absolute Gasteiger partial charge is 0.300 e. The van der Waals surface area contributed by atoms with E-state index in [-0.39, 0.29) is 11.2 Å². The molecule has 0 saturated carbocycles. The number of benzene rings is 2. The molecule has 2 nitrogen and oxygen atoms in total. The molecule has 3 aromatic rings. The van der Waals surface area contributed by atoms with Crippen molar-refractivity contribution in [1.82, 2.24) is 0 Å². The van der Waals surface area contributed by atoms with Crippen LogP contribution in [0.5, 0.6) is 0 Å². The maximum Gasteiger partial charge on any atom is 0.196 e. The van der Waals surface area contributed by atoms with Crippen molar-refractivity contribution in [2.24, 2.45) is 0 Å². The first-order chi connectivity index (χ1) is 10.2. The van der Waals surface area contributed by atoms with E-state index in [1.807, 2.05) is 54.6 Å². The molecule has 0 amide bonds. The Labute approximate surface area is 126 Å². The Morgan fingerprint density at radius 2 is 1.67 bits per heavy atom. The molecule has 0 aliphatic heterocycles. The highest BCUT2D eigenvalue weighted by molar-refractivity contribution is 7.18. The predicted molar refractivity (Wildman–Crippen MR) is 87.9 cm³/mol. The first-order valence-corrected chi connectivity index (χ1v) is 7.58. The fourth-order valence-corrected chi connectivity index (χ4v) is 3.71. The molecule has 0 N–H and O–H groups in total. The molecule has 0 aliphatic carbocycles. The summed E-state index contributed by atoms with van der Waals surface area (Å²) in [6.07, 6.45) is 0.301. The zero-order chi connectivity index (χ0) is 14.8. The van der Waals surface area contributed by atoms with Crippen molar-refractivity contribution in [3.63, 3.8) is 0 Å². The van der Waals surface area contributed by atoms with E-state index in [1.165, 1.54) is 11.3 Å². The summed E-state index contributed by atoms with van der Waals surface area (Å²) >= 11 is 1.53. The van der Waals surface area contributed by atoms with E-state index < -0.39 is 0 Å². The predicted octanol–water partition coefficient (Wildman–Crippen LogP) is 4.06. The molecule has 3 heteroatoms. The van der Waals surface area contributed by atoms with Crippen LogP contribution in [0.1, 0.15) is 11.8 Å². The van der Waals surface area contributed by atoms with Gasteiger partial charge in [-0.05, 0) is 24.6 Å². The molecule has 0 atom stereocenters. The summed E-state index contributed by atoms with van der Waals surface area (Å²) in [7, 11) is 0. The summed E-state index contributed by atoms with van der Waals surface area (Å²) in [5.74, 6) is 0.0677. The van der Waals surface area contributed by atoms with Crippen LogP contribution in [0.3, 0.4) is 0 Å². The van der Waals surface area contributed by atoms with E-state index >= 15 is 0 Å². The van der Waals surface area contributed by atoms with Crippen LogP contribution in [0.2, 0.25) is 0 Å². The van der Waals surface area contributed by atoms with Gasteiger partial charge in [0, 0.05) is 26.9 Å². The second-order valence-corrected chi connectivity index (χ2v) is 6.11. The molecule has 0 fully saturated rings. The average Bonchev–Trinajstić information content (AvgIpc) is 2.48. The molecule has 0 saturated heterocycles. The number of ketones is 1. The first kappa shape index (κ1) is 13.7. The Morgan fingerprint density at radius 1 is 1.00 bits per heavy atom. The second kappa shape index (κ2) is 5.62. The van der Waals surface area contributed by atoms with Gasteiger partial charge in [0.1, 0.15) is 5.78 Å². The van der Waals surface area contributed by atoms with Crippen LogP contribution >= 0.6 is 11.3 Å². The second-order valence-electron chi connectivity index (χ2n) is 4.97. The maximum atomic E-state index is 12.8. The molecule has 1 heterocycles. The first-order valence-electron chi connectivity index (χ1n) is 6.76. The van der Waals surface area contributed by atoms with E-state index in [1.54, 1.807) is 6.92 Å². The minimum absolute atomic E-state index is 0.00630. The molecular formula is C18H14O2S. The normalized spacial score (nSPS) is 10.7. The number of hydrogen-bond donors (Lipinski definition) is 0. The Balaban J connectivity index is 2.37. The van der Waals surface area contributed by atoms with Crippen LogP contribution in [-0.4, -0.2) is 5.78 Å². The third-order valence-corrected chi connectivity index (χ3v) is 4.51. The van der Waals surface area contributed by atoms with Crippen molar-refractivity contribution in [3.8, 4) is 11.1 Å². The van der Waals surface area contributed by atoms with Crippen molar-refractivity contribution < 1.29 is 4.79 Å². The SMILES string of the molecule is CC(=O)Cc1sc2ccccc2c(=O)c1-c1ccccc1. The summed E-state index contributed by atoms with van der Waals surface area (Å²) in [5, 5.41) is 0.716. The smallest absolute Gasteiger partial charge is 0.196 e. The van der Waals surface area contributed by atoms with Crippen molar-refractivity contribution in [1.29, 1.82) is 0 Å². The van der Waals surface area contributed by atoms with Gasteiger partial charge < -0.3 is 0 Å². The topological polar surface area (TPSA) is 34.1 Å². The Hall–Kier alpha value is -2.26. The van der Waals surface area contributed by atoms with Gasteiger partial charge in [-0.1, -0.05) is 42.5 Å². The quantitative estimate of drug-likeness (QED) is 0.730. The Kier molecular flexibility index (Phi) is 3.67. The van der Waals surface area contributed by atoms with Gasteiger partial charge in [0.25, 0.3) is 0 Å². The lowest BCUT2D eigenvalue weighted by atomic mass is 10.0. The molecule has 104 valence electrons. The summed E-state index contributed by atoms with van der Waals surface area (Å²) in [5.41, 5.74) is 1.54. The standard InChI is InChI=1S/C18H14O2S/c1-12(19)11-16-17(13-7-3-2-4-8-13)18(20)14-9-5-6-10-15(14)21-16/h2-10H,11H2,1H3. The fourth-order valence-electron chi connectivity index (χ4n) is 2.44. The van der Waals surface area contributed by atoms with Gasteiger partial charge in [-0.2, -0.15) is 0 Å². The van der Waals surface area contributed by atoms with E-state index in [0.717, 1.165) is 15.1 Å². The number of carbonyl (C=O) groups is 1. The monoisotopic (exact) mass is 294 g/mol. The Morgan fingerprint density at radius 3 is 2.38 bits per heavy atom. The Bertz CT molecular complexity index is 863. The molecule has 3 rings (SSSR count). The molecule has 2 aromatic carbocycles. The molecule has 0 radical (unpaired) electrons. The summed E-state index contributed by atoms with van der Waals surface area (Å²) in [4.78, 5) is 25.2. The highest BCUT2D eigenvalue weighted by Crippen LogP contribution is 2.29. The van der Waals surface area contributed by atoms with Crippen LogP contribution in [-0.2, 0) is 11.2 Å². The minimum atomic E-state index is 0.00630. The lowest BCUT2D eigenvalue weighted by Gasteiger charge is -2.09. The third-order valence-electron chi connectivity index (χ3n) is 3.34. The highest BCUT2D eigenvalue weighted by Gasteiger charge is 2.15. The number of carbonyl (C=O) groups excluding carboxylic acids is 1. The van der Waals surface area contributed by atoms with Gasteiger partial charge in [0.15, 0.2) is 5.43 Å². The molecular weight excluding hydrogens is 280 g/mol. The summed E-state index contributed by atoms with van der Waals surface area (Å²) in [6, 6.07) is 17.1. The molecule has 0 unspecified atom stereocenters. The molecule has 0 bridgehead atoms. The number of fused-ring (bicyclic) bond motifs is 1. The van der Waals surface area contributed by atoms with Gasteiger partial charge in [0.2, 0.25) is 0 Å². The fraction of sp³-hybridized carbons (Fsp3) is 0.111. The summed E-state index contributed by atoms with van der Waals surface area (Å²) < 4.78 is 0.929. The third kappa shape index (κ3) is 2.65. The van der Waals surface area contributed by atoms with Crippen LogP contribution in [0.15, 0.2) is 59.4 Å². The average molecular weight is 294 g/mol. The van der Waals surface area contributed by atoms with E-state index in [9.17, 15) is 9.59 Å². The zero-order valence-electron chi connectivity index (χ0n) is 11.6. The maximum absolute atomic E-state index is 12.8. The van der Waals surface area contributed by atoms with Crippen LogP contribution in [0.4, 0.5) is 0 Å². The minimum Gasteiger partial charge on any atom is -0.300 e. The van der Waals surface area contributed by atoms with Gasteiger partial charge in [0.05, 0.1) is 0 Å². The van der Waals surface area contributed by atoms with Crippen LogP contribution in [0, 0.1) is 0 Å². The number of hydrogen-bond acceptors (Lipinski definition) is 3. The zero-order valence-corrected chi connectivity index (χ0v) is 12.4. The number of Topliss-reactive ketones (excluding diaryl/α,β-unsaturated/α-hetero) is 1. The highest BCUT2D eigenvalue weighted by atomic mass is 32.1. The number of rotatable bonds is 3. The summed E-state index contributed by atoms with van der Waals surface area (Å²) in [6.45, 7) is 1.56. The van der Waals surface area contributed by atoms with Crippen LogP contribution in [0.25, 0.3) is 21.2 Å². The van der Waals surface area contributed by atoms with Gasteiger partial charge in [-0.25, -0.2) is 0 Å². The van der Waals surface area contributed by atoms with Crippen LogP contribution < -0.4 is 5.43 Å². The molecule has 0 aliphatic rings. The van der Waals surface area contributed by atoms with Gasteiger partial charge in [-0.3, -0.25) is 9.59 Å². The van der Waals surface area contributed by atoms with Crippen molar-refractivity contribution in [2.75, 3.05) is 0 Å². The molecule has 1 aromatic heterocycles. The lowest BCUT2D eigenvalue weighted by Crippen LogP contribution is -2.09. The van der Waals surface area contributed by atoms with Gasteiger partial charge in [-0.15, -0.1) is 11.3 Å². The van der Waals surface area contributed by atoms with Gasteiger partial charge >= 0.3 is 0 Å². The van der Waals surface area contributed by atoms with Crippen molar-refractivity contribution in [3.05, 3.63) is 69.7 Å². The van der Waals surface area contributed by atoms with E-state index in [4.69, 9.17) is 0 Å². The lowest BCUT2D eigenvalue weighted by molar-refractivity contribution is -0.116. The molecule has 0 spiro atoms. The van der Waals surface area contributed by atoms with E-state index in [2.05, 4.69) is 0 Å². The van der Waals surface area contributed by atoms with Crippen molar-refractivity contribution in [2.45, 2.75) is 13.3 Å². The van der Waals surface area contributed by atoms with Crippen molar-refractivity contribution >= 4 is 27.2 Å². The molecule has 21 heavy (non-hydrogen) atoms. The van der Waals surface area contributed by atoms with E-state index in [0.29, 0.717) is 17.4 Å².